The van der Waals surface area contributed by atoms with Crippen molar-refractivity contribution in [3.8, 4) is 0 Å². The number of esters is 2. The molecule has 0 spiro atoms. The molecule has 0 bridgehead atoms. The van der Waals surface area contributed by atoms with Gasteiger partial charge in [-0.2, -0.15) is 0 Å². The van der Waals surface area contributed by atoms with Crippen molar-refractivity contribution in [3.63, 3.8) is 0 Å². The van der Waals surface area contributed by atoms with Crippen molar-refractivity contribution in [2.45, 2.75) is 58.7 Å². The first-order valence-corrected chi connectivity index (χ1v) is 7.09. The number of aliphatic hydroxyl groups excluding tert-OH is 1. The van der Waals surface area contributed by atoms with E-state index in [1.54, 1.807) is 26.8 Å². The Balaban J connectivity index is 4.14. The van der Waals surface area contributed by atoms with Crippen LogP contribution in [-0.4, -0.2) is 36.4 Å². The molecule has 1 N–H and O–H groups in total. The molecule has 2 atom stereocenters. The minimum Gasteiger partial charge on any atom is -0.466 e. The van der Waals surface area contributed by atoms with Crippen molar-refractivity contribution in [3.05, 3.63) is 23.8 Å². The molecule has 120 valence electrons. The van der Waals surface area contributed by atoms with E-state index in [0.29, 0.717) is 36.8 Å². The molecule has 5 nitrogen and oxygen atoms in total. The number of methoxy groups -OCH3 is 1. The molecule has 0 amide bonds. The Bertz CT molecular complexity index is 395. The van der Waals surface area contributed by atoms with E-state index in [1.807, 2.05) is 0 Å². The fourth-order valence-electron chi connectivity index (χ4n) is 1.58. The highest BCUT2D eigenvalue weighted by Crippen LogP contribution is 2.12. The summed E-state index contributed by atoms with van der Waals surface area (Å²) in [4.78, 5) is 23.0. The highest BCUT2D eigenvalue weighted by atomic mass is 16.5. The van der Waals surface area contributed by atoms with Gasteiger partial charge in [-0.15, -0.1) is 0 Å². The summed E-state index contributed by atoms with van der Waals surface area (Å²) in [5.41, 5.74) is 0.888. The van der Waals surface area contributed by atoms with Crippen LogP contribution in [0.2, 0.25) is 0 Å². The van der Waals surface area contributed by atoms with E-state index in [2.05, 4.69) is 11.3 Å². The van der Waals surface area contributed by atoms with E-state index in [0.717, 1.165) is 0 Å². The molecule has 0 rings (SSSR count). The maximum atomic E-state index is 11.8. The molecule has 5 heteroatoms. The summed E-state index contributed by atoms with van der Waals surface area (Å²) in [6.45, 7) is 8.78. The van der Waals surface area contributed by atoms with Crippen LogP contribution in [0, 0.1) is 0 Å². The van der Waals surface area contributed by atoms with Crippen LogP contribution in [0.4, 0.5) is 0 Å². The number of allylic oxidation sites excluding steroid dienone is 1. The molecule has 0 heterocycles. The monoisotopic (exact) mass is 298 g/mol. The molecule has 21 heavy (non-hydrogen) atoms. The quantitative estimate of drug-likeness (QED) is 0.523. The predicted molar refractivity (Wildman–Crippen MR) is 80.6 cm³/mol. The Morgan fingerprint density at radius 3 is 2.38 bits per heavy atom. The third kappa shape index (κ3) is 9.02. The van der Waals surface area contributed by atoms with E-state index in [9.17, 15) is 9.59 Å². The lowest BCUT2D eigenvalue weighted by Crippen LogP contribution is -2.16. The normalized spacial score (nSPS) is 14.2. The molecular weight excluding hydrogens is 272 g/mol. The molecule has 0 aliphatic heterocycles. The fraction of sp³-hybridized carbons (Fsp3) is 0.625. The van der Waals surface area contributed by atoms with Crippen molar-refractivity contribution >= 4 is 11.9 Å². The molecule has 0 aliphatic rings. The largest absolute Gasteiger partial charge is 0.466 e. The summed E-state index contributed by atoms with van der Waals surface area (Å²) >= 11 is 0. The average molecular weight is 298 g/mol. The minimum absolute atomic E-state index is 0.306. The standard InChI is InChI=1S/C16H26O5/c1-11(7-6-8-13(3)17)16(19)21-14(4)10-9-12(2)15(18)20-5/h7,13-14,17H,2,6,8-10H2,1,3-5H3. The first kappa shape index (κ1) is 19.4. The minimum atomic E-state index is -0.442. The van der Waals surface area contributed by atoms with Gasteiger partial charge in [0.25, 0.3) is 0 Å². The van der Waals surface area contributed by atoms with Crippen molar-refractivity contribution in [2.75, 3.05) is 7.11 Å². The fourth-order valence-corrected chi connectivity index (χ4v) is 1.58. The zero-order valence-corrected chi connectivity index (χ0v) is 13.3. The van der Waals surface area contributed by atoms with Gasteiger partial charge < -0.3 is 14.6 Å². The van der Waals surface area contributed by atoms with E-state index >= 15 is 0 Å². The number of carbonyl (C=O) groups excluding carboxylic acids is 2. The zero-order chi connectivity index (χ0) is 16.4. The number of ether oxygens (including phenoxy) is 2. The smallest absolute Gasteiger partial charge is 0.333 e. The Labute approximate surface area is 126 Å². The van der Waals surface area contributed by atoms with Gasteiger partial charge in [0.2, 0.25) is 0 Å². The highest BCUT2D eigenvalue weighted by Gasteiger charge is 2.14. The lowest BCUT2D eigenvalue weighted by atomic mass is 10.1. The highest BCUT2D eigenvalue weighted by molar-refractivity contribution is 5.88. The van der Waals surface area contributed by atoms with Crippen molar-refractivity contribution in [1.29, 1.82) is 0 Å². The van der Waals surface area contributed by atoms with Crippen LogP contribution in [0.25, 0.3) is 0 Å². The Morgan fingerprint density at radius 2 is 1.86 bits per heavy atom. The molecule has 0 fully saturated rings. The topological polar surface area (TPSA) is 72.8 Å². The molecule has 0 radical (unpaired) electrons. The zero-order valence-electron chi connectivity index (χ0n) is 13.3. The second kappa shape index (κ2) is 10.2. The van der Waals surface area contributed by atoms with Crippen molar-refractivity contribution in [1.82, 2.24) is 0 Å². The third-order valence-corrected chi connectivity index (χ3v) is 2.99. The molecular formula is C16H26O5. The van der Waals surface area contributed by atoms with Gasteiger partial charge in [0.15, 0.2) is 0 Å². The lowest BCUT2D eigenvalue weighted by molar-refractivity contribution is -0.143. The van der Waals surface area contributed by atoms with Crippen LogP contribution in [0.15, 0.2) is 23.8 Å². The van der Waals surface area contributed by atoms with Gasteiger partial charge in [-0.1, -0.05) is 12.7 Å². The summed E-state index contributed by atoms with van der Waals surface area (Å²) < 4.78 is 9.82. The molecule has 0 aromatic carbocycles. The molecule has 2 unspecified atom stereocenters. The summed E-state index contributed by atoms with van der Waals surface area (Å²) in [5.74, 6) is -0.820. The van der Waals surface area contributed by atoms with Crippen LogP contribution in [-0.2, 0) is 19.1 Å². The van der Waals surface area contributed by atoms with Gasteiger partial charge in [-0.05, 0) is 46.5 Å². The van der Waals surface area contributed by atoms with Gasteiger partial charge >= 0.3 is 11.9 Å². The van der Waals surface area contributed by atoms with Crippen LogP contribution in [0.1, 0.15) is 46.5 Å². The molecule has 0 saturated heterocycles. The van der Waals surface area contributed by atoms with Gasteiger partial charge in [0.05, 0.1) is 19.3 Å². The number of rotatable bonds is 9. The summed E-state index contributed by atoms with van der Waals surface area (Å²) in [6.07, 6.45) is 3.25. The lowest BCUT2D eigenvalue weighted by Gasteiger charge is -2.14. The Hall–Kier alpha value is -1.62. The second-order valence-corrected chi connectivity index (χ2v) is 5.16. The van der Waals surface area contributed by atoms with Gasteiger partial charge in [-0.3, -0.25) is 0 Å². The van der Waals surface area contributed by atoms with Gasteiger partial charge in [0.1, 0.15) is 0 Å². The molecule has 0 aromatic rings. The van der Waals surface area contributed by atoms with Gasteiger partial charge in [0, 0.05) is 11.1 Å². The van der Waals surface area contributed by atoms with Crippen LogP contribution in [0.3, 0.4) is 0 Å². The summed E-state index contributed by atoms with van der Waals surface area (Å²) in [5, 5.41) is 9.14. The average Bonchev–Trinajstić information content (AvgIpc) is 2.43. The van der Waals surface area contributed by atoms with Crippen molar-refractivity contribution in [2.24, 2.45) is 0 Å². The maximum absolute atomic E-state index is 11.8. The van der Waals surface area contributed by atoms with Crippen molar-refractivity contribution < 1.29 is 24.2 Å². The maximum Gasteiger partial charge on any atom is 0.333 e. The van der Waals surface area contributed by atoms with E-state index < -0.39 is 5.97 Å². The molecule has 0 saturated carbocycles. The van der Waals surface area contributed by atoms with Crippen LogP contribution in [0.5, 0.6) is 0 Å². The third-order valence-electron chi connectivity index (χ3n) is 2.99. The first-order chi connectivity index (χ1) is 9.77. The summed E-state index contributed by atoms with van der Waals surface area (Å²) in [6, 6.07) is 0. The van der Waals surface area contributed by atoms with E-state index in [-0.39, 0.29) is 18.2 Å². The first-order valence-electron chi connectivity index (χ1n) is 7.09. The van der Waals surface area contributed by atoms with Crippen LogP contribution < -0.4 is 0 Å². The van der Waals surface area contributed by atoms with Gasteiger partial charge in [-0.25, -0.2) is 9.59 Å². The SMILES string of the molecule is C=C(CCC(C)OC(=O)C(C)=CCCC(C)O)C(=O)OC. The Kier molecular flexibility index (Phi) is 9.37. The number of aliphatic hydroxyl groups is 1. The van der Waals surface area contributed by atoms with E-state index in [4.69, 9.17) is 9.84 Å². The van der Waals surface area contributed by atoms with Crippen LogP contribution >= 0.6 is 0 Å². The van der Waals surface area contributed by atoms with E-state index in [1.165, 1.54) is 7.11 Å². The second-order valence-electron chi connectivity index (χ2n) is 5.16. The molecule has 0 aliphatic carbocycles. The number of hydrogen-bond donors (Lipinski definition) is 1. The predicted octanol–water partition coefficient (Wildman–Crippen LogP) is 2.53. The molecule has 0 aromatic heterocycles. The summed E-state index contributed by atoms with van der Waals surface area (Å²) in [7, 11) is 1.30. The number of carbonyl (C=O) groups is 2. The number of hydrogen-bond acceptors (Lipinski definition) is 5. The Morgan fingerprint density at radius 1 is 1.24 bits per heavy atom.